The summed E-state index contributed by atoms with van der Waals surface area (Å²) in [6.45, 7) is 9.07. The summed E-state index contributed by atoms with van der Waals surface area (Å²) in [5, 5.41) is 2.87. The fraction of sp³-hybridized carbons (Fsp3) is 0.474. The highest BCUT2D eigenvalue weighted by Crippen LogP contribution is 2.22. The van der Waals surface area contributed by atoms with Crippen LogP contribution in [0.2, 0.25) is 0 Å². The fourth-order valence-corrected chi connectivity index (χ4v) is 2.47. The molecule has 22 heavy (non-hydrogen) atoms. The molecule has 1 N–H and O–H groups in total. The van der Waals surface area contributed by atoms with E-state index in [0.29, 0.717) is 0 Å². The zero-order chi connectivity index (χ0) is 16.5. The van der Waals surface area contributed by atoms with Gasteiger partial charge in [-0.2, -0.15) is 0 Å². The van der Waals surface area contributed by atoms with Crippen LogP contribution in [-0.4, -0.2) is 25.2 Å². The molecule has 0 aliphatic carbocycles. The maximum atomic E-state index is 11.5. The van der Waals surface area contributed by atoms with Gasteiger partial charge in [0, 0.05) is 25.2 Å². The Kier molecular flexibility index (Phi) is 7.58. The van der Waals surface area contributed by atoms with Gasteiger partial charge in [0.1, 0.15) is 0 Å². The van der Waals surface area contributed by atoms with Gasteiger partial charge in [0.15, 0.2) is 0 Å². The average molecular weight is 300 g/mol. The van der Waals surface area contributed by atoms with Crippen molar-refractivity contribution in [1.82, 2.24) is 5.32 Å². The highest BCUT2D eigenvalue weighted by atomic mass is 16.2. The monoisotopic (exact) mass is 300 g/mol. The van der Waals surface area contributed by atoms with Gasteiger partial charge in [-0.15, -0.1) is 0 Å². The van der Waals surface area contributed by atoms with E-state index >= 15 is 0 Å². The summed E-state index contributed by atoms with van der Waals surface area (Å²) in [5.74, 6) is 0.337. The fourth-order valence-electron chi connectivity index (χ4n) is 2.47. The van der Waals surface area contributed by atoms with Crippen LogP contribution < -0.4 is 5.32 Å². The average Bonchev–Trinajstić information content (AvgIpc) is 2.90. The van der Waals surface area contributed by atoms with E-state index in [4.69, 9.17) is 0 Å². The van der Waals surface area contributed by atoms with Gasteiger partial charge in [0.2, 0.25) is 5.91 Å². The molecule has 3 heteroatoms. The van der Waals surface area contributed by atoms with Crippen LogP contribution in [0.1, 0.15) is 39.2 Å². The topological polar surface area (TPSA) is 41.5 Å². The van der Waals surface area contributed by atoms with E-state index in [0.717, 1.165) is 25.1 Å². The summed E-state index contributed by atoms with van der Waals surface area (Å²) in [5.41, 5.74) is 4.87. The number of aliphatic imine (C=N–C) groups is 1. The predicted octanol–water partition coefficient (Wildman–Crippen LogP) is 3.93. The Balaban J connectivity index is 0.000000287. The Hall–Kier alpha value is -1.90. The maximum Gasteiger partial charge on any atom is 0.223 e. The van der Waals surface area contributed by atoms with Crippen LogP contribution in [0.4, 0.5) is 0 Å². The number of benzene rings is 1. The number of carbonyl (C=O) groups excluding carboxylic acids is 1. The highest BCUT2D eigenvalue weighted by Gasteiger charge is 2.25. The number of hydrogen-bond acceptors (Lipinski definition) is 2. The first-order valence-corrected chi connectivity index (χ1v) is 7.85. The third kappa shape index (κ3) is 5.84. The molecule has 1 unspecified atom stereocenters. The van der Waals surface area contributed by atoms with Crippen molar-refractivity contribution in [3.8, 4) is 0 Å². The van der Waals surface area contributed by atoms with Crippen LogP contribution in [0.15, 0.2) is 46.5 Å². The molecule has 120 valence electrons. The minimum absolute atomic E-state index is 0.145. The van der Waals surface area contributed by atoms with Gasteiger partial charge in [-0.1, -0.05) is 41.5 Å². The van der Waals surface area contributed by atoms with E-state index < -0.39 is 0 Å². The number of allylic oxidation sites excluding steroid dienone is 2. The van der Waals surface area contributed by atoms with Crippen LogP contribution in [-0.2, 0) is 4.79 Å². The number of amides is 1. The van der Waals surface area contributed by atoms with E-state index in [9.17, 15) is 4.79 Å². The van der Waals surface area contributed by atoms with Gasteiger partial charge in [-0.05, 0) is 46.1 Å². The Morgan fingerprint density at radius 1 is 1.23 bits per heavy atom. The summed E-state index contributed by atoms with van der Waals surface area (Å²) < 4.78 is 0. The molecule has 1 fully saturated rings. The molecule has 1 amide bonds. The second-order valence-corrected chi connectivity index (χ2v) is 5.92. The third-order valence-electron chi connectivity index (χ3n) is 3.93. The lowest BCUT2D eigenvalue weighted by Crippen LogP contribution is -2.20. The van der Waals surface area contributed by atoms with E-state index in [1.54, 1.807) is 7.05 Å². The largest absolute Gasteiger partial charge is 0.356 e. The van der Waals surface area contributed by atoms with E-state index in [1.807, 2.05) is 25.1 Å². The standard InChI is InChI=1S/C12H20N2O.C7H8/c1-8(2)11(9(3)13-4)7-10-5-6-14-12(10)15;1-7-5-3-2-4-6-7/h10H,5-7H2,1-4H3,(H,14,15);2-6H,1H3. The lowest BCUT2D eigenvalue weighted by atomic mass is 9.93. The second-order valence-electron chi connectivity index (χ2n) is 5.92. The number of aryl methyl sites for hydroxylation is 1. The first-order chi connectivity index (χ1) is 10.5. The normalized spacial score (nSPS) is 17.4. The molecule has 1 aliphatic heterocycles. The molecule has 0 radical (unpaired) electrons. The predicted molar refractivity (Wildman–Crippen MR) is 94.3 cm³/mol. The molecule has 0 saturated carbocycles. The quantitative estimate of drug-likeness (QED) is 0.844. The molecule has 1 saturated heterocycles. The molecule has 0 spiro atoms. The summed E-state index contributed by atoms with van der Waals surface area (Å²) in [4.78, 5) is 15.7. The van der Waals surface area contributed by atoms with Crippen molar-refractivity contribution >= 4 is 11.6 Å². The van der Waals surface area contributed by atoms with Crippen molar-refractivity contribution < 1.29 is 4.79 Å². The summed E-state index contributed by atoms with van der Waals surface area (Å²) in [7, 11) is 1.80. The van der Waals surface area contributed by atoms with Crippen molar-refractivity contribution in [2.24, 2.45) is 10.9 Å². The molecule has 0 aromatic heterocycles. The van der Waals surface area contributed by atoms with Gasteiger partial charge in [0.25, 0.3) is 0 Å². The summed E-state index contributed by atoms with van der Waals surface area (Å²) in [6, 6.07) is 10.3. The van der Waals surface area contributed by atoms with E-state index in [1.165, 1.54) is 16.7 Å². The van der Waals surface area contributed by atoms with Crippen molar-refractivity contribution in [1.29, 1.82) is 0 Å². The molecular weight excluding hydrogens is 272 g/mol. The minimum atomic E-state index is 0.145. The number of nitrogens with one attached hydrogen (secondary N) is 1. The second kappa shape index (κ2) is 9.19. The molecule has 3 nitrogen and oxygen atoms in total. The molecule has 1 aromatic rings. The van der Waals surface area contributed by atoms with E-state index in [2.05, 4.69) is 43.2 Å². The Morgan fingerprint density at radius 3 is 2.23 bits per heavy atom. The SMILES string of the molecule is CN=C(C)C(CC1CCNC1=O)=C(C)C.Cc1ccccc1. The van der Waals surface area contributed by atoms with Crippen molar-refractivity contribution in [2.45, 2.75) is 40.5 Å². The first kappa shape index (κ1) is 18.1. The third-order valence-corrected chi connectivity index (χ3v) is 3.93. The van der Waals surface area contributed by atoms with Crippen molar-refractivity contribution in [3.05, 3.63) is 47.0 Å². The van der Waals surface area contributed by atoms with Crippen LogP contribution in [0.3, 0.4) is 0 Å². The summed E-state index contributed by atoms with van der Waals surface area (Å²) >= 11 is 0. The molecule has 1 atom stereocenters. The maximum absolute atomic E-state index is 11.5. The number of rotatable bonds is 3. The van der Waals surface area contributed by atoms with Crippen molar-refractivity contribution in [3.63, 3.8) is 0 Å². The zero-order valence-corrected chi connectivity index (χ0v) is 14.4. The van der Waals surface area contributed by atoms with Gasteiger partial charge < -0.3 is 5.32 Å². The molecule has 0 bridgehead atoms. The molecular formula is C19H28N2O. The lowest BCUT2D eigenvalue weighted by Gasteiger charge is -2.12. The van der Waals surface area contributed by atoms with Gasteiger partial charge >= 0.3 is 0 Å². The minimum Gasteiger partial charge on any atom is -0.356 e. The zero-order valence-electron chi connectivity index (χ0n) is 14.4. The van der Waals surface area contributed by atoms with Crippen LogP contribution in [0.25, 0.3) is 0 Å². The van der Waals surface area contributed by atoms with Crippen LogP contribution in [0, 0.1) is 12.8 Å². The van der Waals surface area contributed by atoms with Gasteiger partial charge in [-0.25, -0.2) is 0 Å². The van der Waals surface area contributed by atoms with Gasteiger partial charge in [0.05, 0.1) is 0 Å². The Bertz CT molecular complexity index is 540. The van der Waals surface area contributed by atoms with Gasteiger partial charge in [-0.3, -0.25) is 9.79 Å². The molecule has 1 aromatic carbocycles. The van der Waals surface area contributed by atoms with E-state index in [-0.39, 0.29) is 11.8 Å². The molecule has 1 heterocycles. The summed E-state index contributed by atoms with van der Waals surface area (Å²) in [6.07, 6.45) is 1.78. The number of nitrogens with zero attached hydrogens (tertiary/aromatic N) is 1. The Morgan fingerprint density at radius 2 is 1.86 bits per heavy atom. The number of hydrogen-bond donors (Lipinski definition) is 1. The molecule has 1 aliphatic rings. The Labute approximate surface area is 134 Å². The molecule has 2 rings (SSSR count). The first-order valence-electron chi connectivity index (χ1n) is 7.85. The van der Waals surface area contributed by atoms with Crippen molar-refractivity contribution in [2.75, 3.05) is 13.6 Å². The smallest absolute Gasteiger partial charge is 0.223 e. The lowest BCUT2D eigenvalue weighted by molar-refractivity contribution is -0.122. The number of carbonyl (C=O) groups is 1. The van der Waals surface area contributed by atoms with Crippen LogP contribution in [0.5, 0.6) is 0 Å². The highest BCUT2D eigenvalue weighted by molar-refractivity contribution is 5.99. The van der Waals surface area contributed by atoms with Crippen LogP contribution >= 0.6 is 0 Å².